The fourth-order valence-electron chi connectivity index (χ4n) is 2.08. The summed E-state index contributed by atoms with van der Waals surface area (Å²) in [5.41, 5.74) is 9.15. The van der Waals surface area contributed by atoms with E-state index in [2.05, 4.69) is 15.0 Å². The van der Waals surface area contributed by atoms with Gasteiger partial charge in [-0.15, -0.1) is 0 Å². The number of oxazole rings is 1. The van der Waals surface area contributed by atoms with Crippen LogP contribution in [0.3, 0.4) is 0 Å². The van der Waals surface area contributed by atoms with Crippen molar-refractivity contribution in [3.8, 4) is 11.3 Å². The first-order chi connectivity index (χ1) is 9.67. The molecule has 3 rings (SSSR count). The molecule has 1 atom stereocenters. The fraction of sp³-hybridized carbons (Fsp3) is 0.267. The van der Waals surface area contributed by atoms with Crippen molar-refractivity contribution in [2.45, 2.75) is 19.8 Å². The number of nitrogens with zero attached hydrogens (tertiary/aromatic N) is 3. The summed E-state index contributed by atoms with van der Waals surface area (Å²) in [6.07, 6.45) is 1.76. The number of hydrogen-bond donors (Lipinski definition) is 1. The van der Waals surface area contributed by atoms with Crippen LogP contribution in [-0.2, 0) is 0 Å². The van der Waals surface area contributed by atoms with Gasteiger partial charge in [0.1, 0.15) is 11.3 Å². The first kappa shape index (κ1) is 12.7. The van der Waals surface area contributed by atoms with Crippen molar-refractivity contribution in [3.63, 3.8) is 0 Å². The summed E-state index contributed by atoms with van der Waals surface area (Å²) < 4.78 is 5.55. The Kier molecular flexibility index (Phi) is 3.20. The van der Waals surface area contributed by atoms with E-state index < -0.39 is 0 Å². The minimum absolute atomic E-state index is 0.145. The fourth-order valence-corrected chi connectivity index (χ4v) is 2.08. The molecule has 0 spiro atoms. The standard InChI is InChI=1S/C15H16N4O/c1-9(8-16)15-17-6-5-12(19-15)11-3-4-13-14(7-11)20-10(2)18-13/h3-7,9H,8,16H2,1-2H3. The highest BCUT2D eigenvalue weighted by molar-refractivity contribution is 5.79. The van der Waals surface area contributed by atoms with Gasteiger partial charge in [-0.05, 0) is 18.2 Å². The Morgan fingerprint density at radius 2 is 2.10 bits per heavy atom. The average molecular weight is 268 g/mol. The summed E-state index contributed by atoms with van der Waals surface area (Å²) in [6.45, 7) is 4.39. The maximum absolute atomic E-state index is 5.67. The largest absolute Gasteiger partial charge is 0.441 e. The smallest absolute Gasteiger partial charge is 0.192 e. The van der Waals surface area contributed by atoms with Gasteiger partial charge in [-0.25, -0.2) is 15.0 Å². The third-order valence-corrected chi connectivity index (χ3v) is 3.26. The Labute approximate surface area is 116 Å². The molecule has 20 heavy (non-hydrogen) atoms. The zero-order valence-corrected chi connectivity index (χ0v) is 11.5. The molecule has 0 amide bonds. The average Bonchev–Trinajstić information content (AvgIpc) is 2.85. The van der Waals surface area contributed by atoms with Crippen molar-refractivity contribution < 1.29 is 4.42 Å². The number of rotatable bonds is 3. The van der Waals surface area contributed by atoms with Crippen molar-refractivity contribution in [3.05, 3.63) is 42.2 Å². The van der Waals surface area contributed by atoms with E-state index in [9.17, 15) is 0 Å². The van der Waals surface area contributed by atoms with Crippen LogP contribution >= 0.6 is 0 Å². The lowest BCUT2D eigenvalue weighted by Crippen LogP contribution is -2.12. The lowest BCUT2D eigenvalue weighted by atomic mass is 10.1. The number of hydrogen-bond acceptors (Lipinski definition) is 5. The Bertz CT molecular complexity index is 750. The number of nitrogens with two attached hydrogens (primary N) is 1. The van der Waals surface area contributed by atoms with E-state index in [4.69, 9.17) is 10.2 Å². The van der Waals surface area contributed by atoms with Gasteiger partial charge in [-0.2, -0.15) is 0 Å². The summed E-state index contributed by atoms with van der Waals surface area (Å²) >= 11 is 0. The predicted molar refractivity (Wildman–Crippen MR) is 77.2 cm³/mol. The maximum atomic E-state index is 5.67. The molecular weight excluding hydrogens is 252 g/mol. The minimum atomic E-state index is 0.145. The molecule has 0 saturated heterocycles. The third-order valence-electron chi connectivity index (χ3n) is 3.26. The Morgan fingerprint density at radius 1 is 1.25 bits per heavy atom. The topological polar surface area (TPSA) is 77.8 Å². The second kappa shape index (κ2) is 5.02. The zero-order valence-electron chi connectivity index (χ0n) is 11.5. The molecule has 5 nitrogen and oxygen atoms in total. The first-order valence-electron chi connectivity index (χ1n) is 6.58. The highest BCUT2D eigenvalue weighted by Crippen LogP contribution is 2.24. The van der Waals surface area contributed by atoms with Gasteiger partial charge >= 0.3 is 0 Å². The molecule has 2 N–H and O–H groups in total. The summed E-state index contributed by atoms with van der Waals surface area (Å²) in [4.78, 5) is 13.1. The molecule has 3 aromatic rings. The Morgan fingerprint density at radius 3 is 2.90 bits per heavy atom. The molecule has 0 saturated carbocycles. The van der Waals surface area contributed by atoms with Gasteiger partial charge in [0.15, 0.2) is 11.5 Å². The number of benzene rings is 1. The van der Waals surface area contributed by atoms with Gasteiger partial charge in [-0.1, -0.05) is 13.0 Å². The lowest BCUT2D eigenvalue weighted by molar-refractivity contribution is 0.561. The molecule has 0 aliphatic carbocycles. The van der Waals surface area contributed by atoms with E-state index in [0.717, 1.165) is 28.2 Å². The third kappa shape index (κ3) is 2.28. The SMILES string of the molecule is Cc1nc2ccc(-c3ccnc(C(C)CN)n3)cc2o1. The van der Waals surface area contributed by atoms with Crippen LogP contribution < -0.4 is 5.73 Å². The molecule has 102 valence electrons. The predicted octanol–water partition coefficient (Wildman–Crippen LogP) is 2.66. The van der Waals surface area contributed by atoms with Crippen LogP contribution in [0.15, 0.2) is 34.9 Å². The van der Waals surface area contributed by atoms with Crippen LogP contribution in [0.5, 0.6) is 0 Å². The van der Waals surface area contributed by atoms with Gasteiger partial charge in [0.05, 0.1) is 5.69 Å². The summed E-state index contributed by atoms with van der Waals surface area (Å²) in [7, 11) is 0. The van der Waals surface area contributed by atoms with E-state index in [1.54, 1.807) is 6.20 Å². The zero-order chi connectivity index (χ0) is 14.1. The molecule has 0 aliphatic rings. The van der Waals surface area contributed by atoms with E-state index in [1.807, 2.05) is 38.1 Å². The van der Waals surface area contributed by atoms with Crippen molar-refractivity contribution in [2.24, 2.45) is 5.73 Å². The van der Waals surface area contributed by atoms with E-state index in [-0.39, 0.29) is 5.92 Å². The molecular formula is C15H16N4O. The second-order valence-electron chi connectivity index (χ2n) is 4.85. The number of aryl methyl sites for hydroxylation is 1. The lowest BCUT2D eigenvalue weighted by Gasteiger charge is -2.08. The van der Waals surface area contributed by atoms with Crippen LogP contribution in [-0.4, -0.2) is 21.5 Å². The molecule has 2 aromatic heterocycles. The van der Waals surface area contributed by atoms with E-state index >= 15 is 0 Å². The first-order valence-corrected chi connectivity index (χ1v) is 6.58. The van der Waals surface area contributed by atoms with Gasteiger partial charge in [0, 0.05) is 31.1 Å². The summed E-state index contributed by atoms with van der Waals surface area (Å²) in [5, 5.41) is 0. The second-order valence-corrected chi connectivity index (χ2v) is 4.85. The van der Waals surface area contributed by atoms with E-state index in [0.29, 0.717) is 12.4 Å². The number of fused-ring (bicyclic) bond motifs is 1. The van der Waals surface area contributed by atoms with Crippen LogP contribution in [0, 0.1) is 6.92 Å². The maximum Gasteiger partial charge on any atom is 0.192 e. The molecule has 0 fully saturated rings. The van der Waals surface area contributed by atoms with Crippen LogP contribution in [0.1, 0.15) is 24.6 Å². The molecule has 5 heteroatoms. The van der Waals surface area contributed by atoms with Crippen LogP contribution in [0.25, 0.3) is 22.4 Å². The van der Waals surface area contributed by atoms with Gasteiger partial charge < -0.3 is 10.2 Å². The molecule has 0 radical (unpaired) electrons. The quantitative estimate of drug-likeness (QED) is 0.790. The van der Waals surface area contributed by atoms with Gasteiger partial charge in [0.25, 0.3) is 0 Å². The number of aromatic nitrogens is 3. The van der Waals surface area contributed by atoms with Crippen molar-refractivity contribution in [1.82, 2.24) is 15.0 Å². The monoisotopic (exact) mass is 268 g/mol. The Balaban J connectivity index is 2.05. The Hall–Kier alpha value is -2.27. The van der Waals surface area contributed by atoms with Crippen LogP contribution in [0.4, 0.5) is 0 Å². The van der Waals surface area contributed by atoms with Gasteiger partial charge in [-0.3, -0.25) is 0 Å². The molecule has 1 aromatic carbocycles. The molecule has 0 bridgehead atoms. The highest BCUT2D eigenvalue weighted by atomic mass is 16.3. The van der Waals surface area contributed by atoms with Crippen molar-refractivity contribution >= 4 is 11.1 Å². The molecule has 1 unspecified atom stereocenters. The minimum Gasteiger partial charge on any atom is -0.441 e. The van der Waals surface area contributed by atoms with Gasteiger partial charge in [0.2, 0.25) is 0 Å². The normalized spacial score (nSPS) is 12.8. The summed E-state index contributed by atoms with van der Waals surface area (Å²) in [5.74, 6) is 1.57. The molecule has 0 aliphatic heterocycles. The molecule has 2 heterocycles. The van der Waals surface area contributed by atoms with Crippen molar-refractivity contribution in [1.29, 1.82) is 0 Å². The summed E-state index contributed by atoms with van der Waals surface area (Å²) in [6, 6.07) is 7.77. The van der Waals surface area contributed by atoms with Crippen LogP contribution in [0.2, 0.25) is 0 Å². The van der Waals surface area contributed by atoms with Crippen molar-refractivity contribution in [2.75, 3.05) is 6.54 Å². The highest BCUT2D eigenvalue weighted by Gasteiger charge is 2.10. The van der Waals surface area contributed by atoms with E-state index in [1.165, 1.54) is 0 Å².